The lowest BCUT2D eigenvalue weighted by atomic mass is 10.1. The Morgan fingerprint density at radius 1 is 1.14 bits per heavy atom. The van der Waals surface area contributed by atoms with Crippen LogP contribution in [0.5, 0.6) is 0 Å². The highest BCUT2D eigenvalue weighted by atomic mass is 79.9. The fourth-order valence-corrected chi connectivity index (χ4v) is 5.49. The number of carbonyl (C=O) groups is 1. The molecule has 1 N–H and O–H groups in total. The molecule has 5 nitrogen and oxygen atoms in total. The summed E-state index contributed by atoms with van der Waals surface area (Å²) in [5.74, 6) is 0.761. The summed E-state index contributed by atoms with van der Waals surface area (Å²) in [6.07, 6.45) is 0. The topological polar surface area (TPSA) is 67.2 Å². The van der Waals surface area contributed by atoms with Crippen molar-refractivity contribution in [1.29, 1.82) is 0 Å². The predicted molar refractivity (Wildman–Crippen MR) is 126 cm³/mol. The number of halogens is 2. The van der Waals surface area contributed by atoms with Crippen LogP contribution >= 0.6 is 62.4 Å². The van der Waals surface area contributed by atoms with Gasteiger partial charge in [0.05, 0.1) is 11.5 Å². The molecule has 2 aromatic carbocycles. The van der Waals surface area contributed by atoms with Gasteiger partial charge in [-0.05, 0) is 36.2 Å². The van der Waals surface area contributed by atoms with Crippen molar-refractivity contribution < 1.29 is 4.79 Å². The minimum atomic E-state index is -0.188. The van der Waals surface area contributed by atoms with Crippen LogP contribution in [-0.2, 0) is 10.5 Å². The molecular weight excluding hydrogens is 512 g/mol. The van der Waals surface area contributed by atoms with Gasteiger partial charge < -0.3 is 0 Å². The molecule has 0 fully saturated rings. The second kappa shape index (κ2) is 11.1. The molecule has 0 aliphatic carbocycles. The van der Waals surface area contributed by atoms with Gasteiger partial charge in [0.1, 0.15) is 0 Å². The third-order valence-corrected chi connectivity index (χ3v) is 7.77. The molecule has 0 atom stereocenters. The Balaban J connectivity index is 1.45. The quantitative estimate of drug-likeness (QED) is 0.225. The average Bonchev–Trinajstić information content (AvgIpc) is 3.18. The lowest BCUT2D eigenvalue weighted by Crippen LogP contribution is -2.21. The minimum Gasteiger partial charge on any atom is -0.272 e. The highest BCUT2D eigenvalue weighted by Crippen LogP contribution is 2.32. The highest BCUT2D eigenvalue weighted by Gasteiger charge is 2.10. The summed E-state index contributed by atoms with van der Waals surface area (Å²) in [5, 5.41) is 13.2. The van der Waals surface area contributed by atoms with Crippen LogP contribution in [0.4, 0.5) is 0 Å². The molecule has 150 valence electrons. The smallest absolute Gasteiger partial charge is 0.250 e. The van der Waals surface area contributed by atoms with Crippen molar-refractivity contribution in [3.05, 3.63) is 69.2 Å². The highest BCUT2D eigenvalue weighted by molar-refractivity contribution is 9.10. The largest absolute Gasteiger partial charge is 0.272 e. The Labute approximate surface area is 194 Å². The maximum Gasteiger partial charge on any atom is 0.250 e. The first-order valence-electron chi connectivity index (χ1n) is 8.43. The first-order valence-corrected chi connectivity index (χ1v) is 12.4. The van der Waals surface area contributed by atoms with E-state index in [1.165, 1.54) is 23.1 Å². The first-order chi connectivity index (χ1) is 14.0. The normalized spacial score (nSPS) is 11.5. The van der Waals surface area contributed by atoms with Gasteiger partial charge in [-0.25, -0.2) is 5.43 Å². The van der Waals surface area contributed by atoms with Crippen molar-refractivity contribution in [3.63, 3.8) is 0 Å². The molecule has 3 rings (SSSR count). The van der Waals surface area contributed by atoms with E-state index in [0.717, 1.165) is 40.8 Å². The van der Waals surface area contributed by atoms with Gasteiger partial charge in [0.2, 0.25) is 0 Å². The second-order valence-corrected chi connectivity index (χ2v) is 10.5. The SMILES string of the molecule is C/C(=N\NC(=O)CSc1nnc(SCc2ccccc2Cl)s1)c1ccc(Br)cc1. The lowest BCUT2D eigenvalue weighted by Gasteiger charge is -2.02. The van der Waals surface area contributed by atoms with Crippen LogP contribution in [0.15, 0.2) is 66.8 Å². The molecule has 10 heteroatoms. The Morgan fingerprint density at radius 2 is 1.83 bits per heavy atom. The summed E-state index contributed by atoms with van der Waals surface area (Å²) in [6, 6.07) is 15.5. The summed E-state index contributed by atoms with van der Waals surface area (Å²) in [5.41, 5.74) is 5.33. The van der Waals surface area contributed by atoms with E-state index in [4.69, 9.17) is 11.6 Å². The van der Waals surface area contributed by atoms with Crippen LogP contribution in [0.3, 0.4) is 0 Å². The molecule has 0 saturated carbocycles. The molecule has 0 bridgehead atoms. The number of hydrogen-bond donors (Lipinski definition) is 1. The Bertz CT molecular complexity index is 1010. The van der Waals surface area contributed by atoms with Crippen LogP contribution in [-0.4, -0.2) is 27.6 Å². The van der Waals surface area contributed by atoms with Crippen molar-refractivity contribution in [1.82, 2.24) is 15.6 Å². The minimum absolute atomic E-state index is 0.188. The van der Waals surface area contributed by atoms with Gasteiger partial charge in [-0.15, -0.1) is 10.2 Å². The van der Waals surface area contributed by atoms with E-state index in [0.29, 0.717) is 0 Å². The zero-order chi connectivity index (χ0) is 20.6. The average molecular weight is 528 g/mol. The fraction of sp³-hybridized carbons (Fsp3) is 0.158. The van der Waals surface area contributed by atoms with Gasteiger partial charge in [0.15, 0.2) is 8.68 Å². The number of carbonyl (C=O) groups excluding carboxylic acids is 1. The number of nitrogens with one attached hydrogen (secondary N) is 1. The molecule has 29 heavy (non-hydrogen) atoms. The molecule has 0 aliphatic rings. The van der Waals surface area contributed by atoms with E-state index in [9.17, 15) is 4.79 Å². The van der Waals surface area contributed by atoms with Gasteiger partial charge >= 0.3 is 0 Å². The number of benzene rings is 2. The molecule has 0 spiro atoms. The third-order valence-electron chi connectivity index (χ3n) is 3.63. The van der Waals surface area contributed by atoms with Crippen molar-refractivity contribution in [2.24, 2.45) is 5.10 Å². The number of hydrazone groups is 1. The van der Waals surface area contributed by atoms with E-state index in [1.807, 2.05) is 55.5 Å². The number of rotatable bonds is 8. The summed E-state index contributed by atoms with van der Waals surface area (Å²) in [4.78, 5) is 12.1. The maximum absolute atomic E-state index is 12.1. The molecule has 0 unspecified atom stereocenters. The summed E-state index contributed by atoms with van der Waals surface area (Å²) in [7, 11) is 0. The van der Waals surface area contributed by atoms with E-state index >= 15 is 0 Å². The first kappa shape index (κ1) is 22.3. The monoisotopic (exact) mass is 526 g/mol. The van der Waals surface area contributed by atoms with Gasteiger partial charge in [0.25, 0.3) is 5.91 Å². The Hall–Kier alpha value is -1.39. The molecule has 0 aliphatic heterocycles. The number of aromatic nitrogens is 2. The lowest BCUT2D eigenvalue weighted by molar-refractivity contribution is -0.118. The third kappa shape index (κ3) is 7.11. The van der Waals surface area contributed by atoms with Gasteiger partial charge in [-0.3, -0.25) is 4.79 Å². The van der Waals surface area contributed by atoms with Gasteiger partial charge in [-0.2, -0.15) is 5.10 Å². The van der Waals surface area contributed by atoms with Crippen LogP contribution in [0.2, 0.25) is 5.02 Å². The summed E-state index contributed by atoms with van der Waals surface area (Å²) in [6.45, 7) is 1.85. The number of amides is 1. The van der Waals surface area contributed by atoms with E-state index < -0.39 is 0 Å². The van der Waals surface area contributed by atoms with E-state index in [1.54, 1.807) is 11.8 Å². The number of nitrogens with zero attached hydrogens (tertiary/aromatic N) is 3. The Kier molecular flexibility index (Phi) is 8.55. The van der Waals surface area contributed by atoms with Gasteiger partial charge in [-0.1, -0.05) is 92.7 Å². The van der Waals surface area contributed by atoms with Crippen molar-refractivity contribution >= 4 is 74.0 Å². The number of hydrogen-bond acceptors (Lipinski definition) is 7. The maximum atomic E-state index is 12.1. The predicted octanol–water partition coefficient (Wildman–Crippen LogP) is 5.88. The van der Waals surface area contributed by atoms with Crippen molar-refractivity contribution in [2.75, 3.05) is 5.75 Å². The van der Waals surface area contributed by atoms with E-state index in [-0.39, 0.29) is 11.7 Å². The number of thioether (sulfide) groups is 2. The molecule has 3 aromatic rings. The molecule has 1 heterocycles. The van der Waals surface area contributed by atoms with Crippen molar-refractivity contribution in [3.8, 4) is 0 Å². The zero-order valence-corrected chi connectivity index (χ0v) is 20.1. The zero-order valence-electron chi connectivity index (χ0n) is 15.3. The van der Waals surface area contributed by atoms with E-state index in [2.05, 4.69) is 36.7 Å². The molecule has 0 radical (unpaired) electrons. The second-order valence-electron chi connectivity index (χ2n) is 5.74. The molecular formula is C19H16BrClN4OS3. The summed E-state index contributed by atoms with van der Waals surface area (Å²) >= 11 is 13.9. The Morgan fingerprint density at radius 3 is 2.55 bits per heavy atom. The van der Waals surface area contributed by atoms with Gasteiger partial charge in [0, 0.05) is 15.2 Å². The molecule has 1 aromatic heterocycles. The fourth-order valence-electron chi connectivity index (χ4n) is 2.13. The van der Waals surface area contributed by atoms with Crippen LogP contribution in [0.1, 0.15) is 18.1 Å². The standard InChI is InChI=1S/C19H16BrClN4OS3/c1-12(13-6-8-15(20)9-7-13)22-23-17(26)11-28-19-25-24-18(29-19)27-10-14-4-2-3-5-16(14)21/h2-9H,10-11H2,1H3,(H,23,26)/b22-12+. The summed E-state index contributed by atoms with van der Waals surface area (Å²) < 4.78 is 2.59. The molecule has 0 saturated heterocycles. The van der Waals surface area contributed by atoms with Crippen LogP contribution in [0.25, 0.3) is 0 Å². The molecule has 1 amide bonds. The van der Waals surface area contributed by atoms with Crippen molar-refractivity contribution in [2.45, 2.75) is 21.4 Å². The van der Waals surface area contributed by atoms with Crippen LogP contribution in [0, 0.1) is 0 Å². The van der Waals surface area contributed by atoms with Crippen LogP contribution < -0.4 is 5.43 Å².